The SMILES string of the molecule is CCOCCCNC(=O)c1c(C)oc(C)c1C. The lowest BCUT2D eigenvalue weighted by atomic mass is 10.1. The molecule has 0 atom stereocenters. The van der Waals surface area contributed by atoms with Gasteiger partial charge in [-0.15, -0.1) is 0 Å². The third kappa shape index (κ3) is 3.60. The van der Waals surface area contributed by atoms with Gasteiger partial charge in [-0.05, 0) is 34.1 Å². The van der Waals surface area contributed by atoms with Crippen molar-refractivity contribution in [2.24, 2.45) is 0 Å². The first-order valence-electron chi connectivity index (χ1n) is 6.00. The quantitative estimate of drug-likeness (QED) is 0.775. The molecule has 4 heteroatoms. The Kier molecular flexibility index (Phi) is 5.22. The van der Waals surface area contributed by atoms with Gasteiger partial charge in [0.1, 0.15) is 11.5 Å². The second kappa shape index (κ2) is 6.45. The van der Waals surface area contributed by atoms with E-state index in [4.69, 9.17) is 9.15 Å². The normalized spacial score (nSPS) is 10.6. The molecule has 0 fully saturated rings. The van der Waals surface area contributed by atoms with Gasteiger partial charge >= 0.3 is 0 Å². The molecule has 17 heavy (non-hydrogen) atoms. The molecule has 1 heterocycles. The molecule has 0 unspecified atom stereocenters. The van der Waals surface area contributed by atoms with E-state index in [2.05, 4.69) is 5.32 Å². The topological polar surface area (TPSA) is 51.5 Å². The first-order chi connectivity index (χ1) is 8.07. The van der Waals surface area contributed by atoms with E-state index in [9.17, 15) is 4.79 Å². The number of ether oxygens (including phenoxy) is 1. The Balaban J connectivity index is 2.47. The van der Waals surface area contributed by atoms with Gasteiger partial charge in [-0.25, -0.2) is 0 Å². The predicted molar refractivity (Wildman–Crippen MR) is 66.4 cm³/mol. The molecule has 0 spiro atoms. The summed E-state index contributed by atoms with van der Waals surface area (Å²) in [5.74, 6) is 1.43. The molecule has 0 aliphatic rings. The van der Waals surface area contributed by atoms with E-state index >= 15 is 0 Å². The summed E-state index contributed by atoms with van der Waals surface area (Å²) in [7, 11) is 0. The maximum atomic E-state index is 11.9. The summed E-state index contributed by atoms with van der Waals surface area (Å²) in [5, 5.41) is 2.87. The Bertz CT molecular complexity index is 382. The zero-order chi connectivity index (χ0) is 12.8. The third-order valence-corrected chi connectivity index (χ3v) is 2.74. The average Bonchev–Trinajstić information content (AvgIpc) is 2.53. The van der Waals surface area contributed by atoms with Gasteiger partial charge in [-0.3, -0.25) is 4.79 Å². The summed E-state index contributed by atoms with van der Waals surface area (Å²) in [6.45, 7) is 9.57. The van der Waals surface area contributed by atoms with Crippen molar-refractivity contribution in [3.63, 3.8) is 0 Å². The minimum Gasteiger partial charge on any atom is -0.466 e. The van der Waals surface area contributed by atoms with Crippen LogP contribution in [0.2, 0.25) is 0 Å². The third-order valence-electron chi connectivity index (χ3n) is 2.74. The van der Waals surface area contributed by atoms with Crippen LogP contribution >= 0.6 is 0 Å². The van der Waals surface area contributed by atoms with E-state index in [1.54, 1.807) is 0 Å². The number of carbonyl (C=O) groups is 1. The van der Waals surface area contributed by atoms with Crippen molar-refractivity contribution in [1.82, 2.24) is 5.32 Å². The van der Waals surface area contributed by atoms with Crippen LogP contribution in [0.1, 0.15) is 40.8 Å². The van der Waals surface area contributed by atoms with Crippen LogP contribution in [0.4, 0.5) is 0 Å². The standard InChI is InChI=1S/C13H21NO3/c1-5-16-8-6-7-14-13(15)12-9(2)10(3)17-11(12)4/h5-8H2,1-4H3,(H,14,15). The minimum absolute atomic E-state index is 0.0617. The van der Waals surface area contributed by atoms with Crippen molar-refractivity contribution in [3.05, 3.63) is 22.6 Å². The monoisotopic (exact) mass is 239 g/mol. The highest BCUT2D eigenvalue weighted by Gasteiger charge is 2.17. The number of amides is 1. The molecule has 1 aromatic heterocycles. The molecule has 1 amide bonds. The highest BCUT2D eigenvalue weighted by molar-refractivity contribution is 5.96. The Morgan fingerprint density at radius 2 is 2.00 bits per heavy atom. The molecular formula is C13H21NO3. The fourth-order valence-corrected chi connectivity index (χ4v) is 1.74. The van der Waals surface area contributed by atoms with Crippen molar-refractivity contribution in [1.29, 1.82) is 0 Å². The van der Waals surface area contributed by atoms with Gasteiger partial charge in [-0.2, -0.15) is 0 Å². The smallest absolute Gasteiger partial charge is 0.255 e. The molecule has 0 aromatic carbocycles. The zero-order valence-electron chi connectivity index (χ0n) is 11.1. The lowest BCUT2D eigenvalue weighted by molar-refractivity contribution is 0.0942. The van der Waals surface area contributed by atoms with Crippen LogP contribution in [0.25, 0.3) is 0 Å². The lowest BCUT2D eigenvalue weighted by Crippen LogP contribution is -2.26. The maximum Gasteiger partial charge on any atom is 0.255 e. The molecule has 1 aromatic rings. The van der Waals surface area contributed by atoms with E-state index in [0.29, 0.717) is 31.1 Å². The Labute approximate surface area is 102 Å². The Morgan fingerprint density at radius 3 is 2.53 bits per heavy atom. The van der Waals surface area contributed by atoms with Gasteiger partial charge < -0.3 is 14.5 Å². The summed E-state index contributed by atoms with van der Waals surface area (Å²) < 4.78 is 10.6. The van der Waals surface area contributed by atoms with Gasteiger partial charge in [0.2, 0.25) is 0 Å². The number of nitrogens with one attached hydrogen (secondary N) is 1. The molecule has 0 radical (unpaired) electrons. The molecular weight excluding hydrogens is 218 g/mol. The fraction of sp³-hybridized carbons (Fsp3) is 0.615. The summed E-state index contributed by atoms with van der Waals surface area (Å²) in [5.41, 5.74) is 1.59. The molecule has 96 valence electrons. The first-order valence-corrected chi connectivity index (χ1v) is 6.00. The van der Waals surface area contributed by atoms with Crippen LogP contribution in [0.3, 0.4) is 0 Å². The second-order valence-electron chi connectivity index (χ2n) is 4.02. The van der Waals surface area contributed by atoms with Crippen LogP contribution in [0.15, 0.2) is 4.42 Å². The minimum atomic E-state index is -0.0617. The zero-order valence-corrected chi connectivity index (χ0v) is 11.1. The van der Waals surface area contributed by atoms with E-state index < -0.39 is 0 Å². The summed E-state index contributed by atoms with van der Waals surface area (Å²) in [4.78, 5) is 11.9. The summed E-state index contributed by atoms with van der Waals surface area (Å²) in [6, 6.07) is 0. The van der Waals surface area contributed by atoms with Gasteiger partial charge in [0.05, 0.1) is 5.56 Å². The Hall–Kier alpha value is -1.29. The van der Waals surface area contributed by atoms with Crippen LogP contribution in [0.5, 0.6) is 0 Å². The average molecular weight is 239 g/mol. The molecule has 0 aliphatic carbocycles. The molecule has 0 bridgehead atoms. The predicted octanol–water partition coefficient (Wildman–Crippen LogP) is 2.36. The van der Waals surface area contributed by atoms with Crippen molar-refractivity contribution in [2.75, 3.05) is 19.8 Å². The number of aryl methyl sites for hydroxylation is 2. The van der Waals surface area contributed by atoms with Gasteiger partial charge in [-0.1, -0.05) is 0 Å². The molecule has 4 nitrogen and oxygen atoms in total. The second-order valence-corrected chi connectivity index (χ2v) is 4.02. The van der Waals surface area contributed by atoms with Crippen molar-refractivity contribution >= 4 is 5.91 Å². The van der Waals surface area contributed by atoms with Crippen LogP contribution < -0.4 is 5.32 Å². The Morgan fingerprint density at radius 1 is 1.29 bits per heavy atom. The molecule has 0 saturated carbocycles. The number of hydrogen-bond acceptors (Lipinski definition) is 3. The van der Waals surface area contributed by atoms with Crippen molar-refractivity contribution in [3.8, 4) is 0 Å². The summed E-state index contributed by atoms with van der Waals surface area (Å²) >= 11 is 0. The van der Waals surface area contributed by atoms with Gasteiger partial charge in [0.25, 0.3) is 5.91 Å². The summed E-state index contributed by atoms with van der Waals surface area (Å²) in [6.07, 6.45) is 0.828. The van der Waals surface area contributed by atoms with Gasteiger partial charge in [0.15, 0.2) is 0 Å². The first kappa shape index (κ1) is 13.8. The van der Waals surface area contributed by atoms with E-state index in [1.165, 1.54) is 0 Å². The number of carbonyl (C=O) groups excluding carboxylic acids is 1. The van der Waals surface area contributed by atoms with Crippen molar-refractivity contribution in [2.45, 2.75) is 34.1 Å². The lowest BCUT2D eigenvalue weighted by Gasteiger charge is -2.05. The molecule has 1 rings (SSSR count). The molecule has 0 saturated heterocycles. The van der Waals surface area contributed by atoms with Crippen molar-refractivity contribution < 1.29 is 13.9 Å². The molecule has 1 N–H and O–H groups in total. The number of hydrogen-bond donors (Lipinski definition) is 1. The highest BCUT2D eigenvalue weighted by Crippen LogP contribution is 2.20. The van der Waals surface area contributed by atoms with E-state index in [1.807, 2.05) is 27.7 Å². The maximum absolute atomic E-state index is 11.9. The van der Waals surface area contributed by atoms with E-state index in [0.717, 1.165) is 17.7 Å². The number of rotatable bonds is 6. The number of furan rings is 1. The van der Waals surface area contributed by atoms with Crippen LogP contribution in [-0.2, 0) is 4.74 Å². The van der Waals surface area contributed by atoms with Gasteiger partial charge in [0, 0.05) is 25.3 Å². The molecule has 0 aliphatic heterocycles. The van der Waals surface area contributed by atoms with E-state index in [-0.39, 0.29) is 5.91 Å². The fourth-order valence-electron chi connectivity index (χ4n) is 1.74. The van der Waals surface area contributed by atoms with Crippen LogP contribution in [-0.4, -0.2) is 25.7 Å². The van der Waals surface area contributed by atoms with Crippen LogP contribution in [0, 0.1) is 20.8 Å². The largest absolute Gasteiger partial charge is 0.466 e. The highest BCUT2D eigenvalue weighted by atomic mass is 16.5.